The van der Waals surface area contributed by atoms with Crippen LogP contribution in [0.3, 0.4) is 0 Å². The van der Waals surface area contributed by atoms with E-state index >= 15 is 0 Å². The summed E-state index contributed by atoms with van der Waals surface area (Å²) in [6.45, 7) is 0. The molecule has 100 valence electrons. The van der Waals surface area contributed by atoms with Crippen molar-refractivity contribution in [1.29, 1.82) is 0 Å². The molecule has 1 fully saturated rings. The van der Waals surface area contributed by atoms with Gasteiger partial charge in [0, 0.05) is 5.92 Å². The highest BCUT2D eigenvalue weighted by Crippen LogP contribution is 2.39. The van der Waals surface area contributed by atoms with E-state index in [9.17, 15) is 0 Å². The van der Waals surface area contributed by atoms with Gasteiger partial charge in [-0.25, -0.2) is 9.97 Å². The zero-order chi connectivity index (χ0) is 13.4. The van der Waals surface area contributed by atoms with Gasteiger partial charge in [-0.1, -0.05) is 12.8 Å². The number of furan rings is 1. The van der Waals surface area contributed by atoms with Crippen LogP contribution in [0.5, 0.6) is 0 Å². The molecule has 1 aliphatic carbocycles. The molecule has 2 aromatic heterocycles. The predicted octanol–water partition coefficient (Wildman–Crippen LogP) is 4.50. The van der Waals surface area contributed by atoms with Crippen molar-refractivity contribution in [3.05, 3.63) is 27.0 Å². The number of anilines is 1. The molecule has 1 saturated carbocycles. The number of nitrogens with zero attached hydrogens (tertiary/aromatic N) is 2. The van der Waals surface area contributed by atoms with E-state index in [1.807, 2.05) is 12.1 Å². The van der Waals surface area contributed by atoms with Gasteiger partial charge in [0.1, 0.15) is 5.82 Å². The molecule has 0 saturated heterocycles. The van der Waals surface area contributed by atoms with E-state index in [0.29, 0.717) is 28.0 Å². The lowest BCUT2D eigenvalue weighted by Crippen LogP contribution is -2.05. The molecular weight excluding hydrogens is 374 g/mol. The highest BCUT2D eigenvalue weighted by atomic mass is 79.9. The van der Waals surface area contributed by atoms with Crippen LogP contribution in [0.4, 0.5) is 5.82 Å². The molecule has 0 aliphatic heterocycles. The van der Waals surface area contributed by atoms with Crippen LogP contribution in [0.1, 0.15) is 37.3 Å². The minimum Gasteiger partial charge on any atom is -0.446 e. The summed E-state index contributed by atoms with van der Waals surface area (Å²) in [4.78, 5) is 8.94. The summed E-state index contributed by atoms with van der Waals surface area (Å²) in [5.74, 6) is 2.12. The maximum atomic E-state index is 5.98. The third-order valence-corrected chi connectivity index (χ3v) is 4.68. The quantitative estimate of drug-likeness (QED) is 0.824. The number of hydrogen-bond donors (Lipinski definition) is 1. The normalized spacial score (nSPS) is 16.1. The Morgan fingerprint density at radius 3 is 2.53 bits per heavy atom. The fourth-order valence-electron chi connectivity index (χ4n) is 2.50. The van der Waals surface area contributed by atoms with Crippen molar-refractivity contribution < 1.29 is 4.42 Å². The average molecular weight is 387 g/mol. The third kappa shape index (κ3) is 2.56. The van der Waals surface area contributed by atoms with E-state index in [2.05, 4.69) is 41.8 Å². The van der Waals surface area contributed by atoms with Gasteiger partial charge in [-0.05, 0) is 56.8 Å². The molecule has 3 rings (SSSR count). The highest BCUT2D eigenvalue weighted by Gasteiger charge is 2.24. The van der Waals surface area contributed by atoms with Crippen LogP contribution in [0.15, 0.2) is 25.7 Å². The first kappa shape index (κ1) is 13.1. The number of hydrogen-bond acceptors (Lipinski definition) is 4. The lowest BCUT2D eigenvalue weighted by Gasteiger charge is -2.13. The number of halogens is 2. The Morgan fingerprint density at radius 2 is 1.89 bits per heavy atom. The van der Waals surface area contributed by atoms with E-state index in [1.54, 1.807) is 0 Å². The molecule has 0 unspecified atom stereocenters. The van der Waals surface area contributed by atoms with Crippen molar-refractivity contribution in [3.8, 4) is 11.6 Å². The minimum atomic E-state index is 0.469. The van der Waals surface area contributed by atoms with Crippen LogP contribution in [0, 0.1) is 0 Å². The molecule has 0 aromatic carbocycles. The molecule has 0 amide bonds. The Morgan fingerprint density at radius 1 is 1.16 bits per heavy atom. The van der Waals surface area contributed by atoms with Crippen LogP contribution in [-0.2, 0) is 0 Å². The summed E-state index contributed by atoms with van der Waals surface area (Å²) < 4.78 is 6.99. The van der Waals surface area contributed by atoms with Gasteiger partial charge in [0.25, 0.3) is 0 Å². The maximum absolute atomic E-state index is 5.98. The second kappa shape index (κ2) is 5.25. The summed E-state index contributed by atoms with van der Waals surface area (Å²) >= 11 is 6.80. The fraction of sp³-hybridized carbons (Fsp3) is 0.385. The molecule has 0 radical (unpaired) electrons. The van der Waals surface area contributed by atoms with Crippen molar-refractivity contribution >= 4 is 37.7 Å². The van der Waals surface area contributed by atoms with E-state index < -0.39 is 0 Å². The molecule has 2 heterocycles. The number of rotatable bonds is 2. The standard InChI is InChI=1S/C13H13Br2N3O/c14-9-6-5-8(19-9)13-17-11(7-3-1-2-4-7)10(15)12(16)18-13/h5-7H,1-4H2,(H2,16,17,18). The van der Waals surface area contributed by atoms with Crippen molar-refractivity contribution in [2.45, 2.75) is 31.6 Å². The molecule has 0 atom stereocenters. The van der Waals surface area contributed by atoms with E-state index in [0.717, 1.165) is 23.0 Å². The van der Waals surface area contributed by atoms with Gasteiger partial charge in [-0.3, -0.25) is 0 Å². The molecule has 1 aliphatic rings. The SMILES string of the molecule is Nc1nc(-c2ccc(Br)o2)nc(C2CCCC2)c1Br. The van der Waals surface area contributed by atoms with Gasteiger partial charge in [0.15, 0.2) is 16.3 Å². The highest BCUT2D eigenvalue weighted by molar-refractivity contribution is 9.10. The summed E-state index contributed by atoms with van der Waals surface area (Å²) in [5, 5.41) is 0. The first-order valence-electron chi connectivity index (χ1n) is 6.24. The summed E-state index contributed by atoms with van der Waals surface area (Å²) in [6.07, 6.45) is 4.83. The zero-order valence-electron chi connectivity index (χ0n) is 10.2. The largest absolute Gasteiger partial charge is 0.446 e. The zero-order valence-corrected chi connectivity index (χ0v) is 13.4. The Hall–Kier alpha value is -0.880. The van der Waals surface area contributed by atoms with Crippen LogP contribution < -0.4 is 5.73 Å². The van der Waals surface area contributed by atoms with Crippen LogP contribution >= 0.6 is 31.9 Å². The van der Waals surface area contributed by atoms with Gasteiger partial charge in [-0.2, -0.15) is 0 Å². The maximum Gasteiger partial charge on any atom is 0.197 e. The van der Waals surface area contributed by atoms with E-state index in [1.165, 1.54) is 12.8 Å². The monoisotopic (exact) mass is 385 g/mol. The van der Waals surface area contributed by atoms with Crippen molar-refractivity contribution in [3.63, 3.8) is 0 Å². The molecule has 6 heteroatoms. The van der Waals surface area contributed by atoms with E-state index in [4.69, 9.17) is 10.2 Å². The number of nitrogens with two attached hydrogens (primary N) is 1. The Labute approximate surface area is 128 Å². The molecule has 4 nitrogen and oxygen atoms in total. The second-order valence-electron chi connectivity index (χ2n) is 4.72. The lowest BCUT2D eigenvalue weighted by atomic mass is 10.0. The van der Waals surface area contributed by atoms with Crippen molar-refractivity contribution in [2.75, 3.05) is 5.73 Å². The van der Waals surface area contributed by atoms with Gasteiger partial charge in [0.2, 0.25) is 0 Å². The molecule has 19 heavy (non-hydrogen) atoms. The first-order valence-corrected chi connectivity index (χ1v) is 7.82. The summed E-state index contributed by atoms with van der Waals surface area (Å²) in [7, 11) is 0. The van der Waals surface area contributed by atoms with Gasteiger partial charge in [0.05, 0.1) is 10.2 Å². The first-order chi connectivity index (χ1) is 9.15. The van der Waals surface area contributed by atoms with Crippen molar-refractivity contribution in [1.82, 2.24) is 9.97 Å². The van der Waals surface area contributed by atoms with Crippen LogP contribution in [0.2, 0.25) is 0 Å². The van der Waals surface area contributed by atoms with Gasteiger partial charge < -0.3 is 10.2 Å². The Kier molecular flexibility index (Phi) is 3.62. The smallest absolute Gasteiger partial charge is 0.197 e. The molecule has 2 aromatic rings. The third-order valence-electron chi connectivity index (χ3n) is 3.44. The second-order valence-corrected chi connectivity index (χ2v) is 6.29. The Balaban J connectivity index is 2.06. The minimum absolute atomic E-state index is 0.469. The van der Waals surface area contributed by atoms with Gasteiger partial charge >= 0.3 is 0 Å². The van der Waals surface area contributed by atoms with E-state index in [-0.39, 0.29) is 0 Å². The lowest BCUT2D eigenvalue weighted by molar-refractivity contribution is 0.550. The Bertz CT molecular complexity index is 606. The van der Waals surface area contributed by atoms with Crippen molar-refractivity contribution in [2.24, 2.45) is 0 Å². The summed E-state index contributed by atoms with van der Waals surface area (Å²) in [6, 6.07) is 3.66. The average Bonchev–Trinajstić information content (AvgIpc) is 3.03. The number of aromatic nitrogens is 2. The molecular formula is C13H13Br2N3O. The van der Waals surface area contributed by atoms with Crippen LogP contribution in [0.25, 0.3) is 11.6 Å². The number of nitrogen functional groups attached to an aromatic ring is 1. The van der Waals surface area contributed by atoms with Gasteiger partial charge in [-0.15, -0.1) is 0 Å². The summed E-state index contributed by atoms with van der Waals surface area (Å²) in [5.41, 5.74) is 6.99. The predicted molar refractivity (Wildman–Crippen MR) is 80.8 cm³/mol. The molecule has 2 N–H and O–H groups in total. The fourth-order valence-corrected chi connectivity index (χ4v) is 3.30. The van der Waals surface area contributed by atoms with Crippen LogP contribution in [-0.4, -0.2) is 9.97 Å². The molecule has 0 spiro atoms. The topological polar surface area (TPSA) is 64.9 Å². The molecule has 0 bridgehead atoms.